The molecule has 1 aliphatic heterocycles. The zero-order valence-electron chi connectivity index (χ0n) is 18.1. The van der Waals surface area contributed by atoms with Crippen LogP contribution in [0.4, 0.5) is 5.69 Å². The van der Waals surface area contributed by atoms with Gasteiger partial charge in [-0.1, -0.05) is 41.6 Å². The van der Waals surface area contributed by atoms with Crippen molar-refractivity contribution in [2.24, 2.45) is 12.8 Å². The molecule has 3 aromatic rings. The number of methoxy groups -OCH3 is 2. The molecule has 0 saturated heterocycles. The Hall–Kier alpha value is -4.65. The van der Waals surface area contributed by atoms with Gasteiger partial charge >= 0.3 is 11.9 Å². The van der Waals surface area contributed by atoms with Crippen molar-refractivity contribution in [2.75, 3.05) is 19.1 Å². The number of anilines is 1. The van der Waals surface area contributed by atoms with Crippen LogP contribution in [0, 0.1) is 11.3 Å². The number of rotatable bonds is 4. The van der Waals surface area contributed by atoms with Crippen LogP contribution in [-0.4, -0.2) is 41.2 Å². The molecule has 2 aromatic carbocycles. The number of fused-ring (bicyclic) bond motifs is 1. The molecule has 0 bridgehead atoms. The Morgan fingerprint density at radius 2 is 1.76 bits per heavy atom. The van der Waals surface area contributed by atoms with E-state index in [1.54, 1.807) is 55.6 Å². The maximum Gasteiger partial charge on any atom is 0.355 e. The summed E-state index contributed by atoms with van der Waals surface area (Å²) in [6, 6.07) is 16.1. The van der Waals surface area contributed by atoms with Crippen molar-refractivity contribution in [1.82, 2.24) is 15.0 Å². The number of benzene rings is 2. The Morgan fingerprint density at radius 1 is 1.06 bits per heavy atom. The molecular weight excluding hydrogens is 424 g/mol. The molecule has 1 aromatic heterocycles. The second kappa shape index (κ2) is 8.47. The standard InChI is InChI=1S/C23H20N6O4/c1-28-19-15(26-27-28)10-7-11-16(19)29-20(23(31)33-3)18(22(30)32-2)17(14(12-24)21(29)25)13-8-5-4-6-9-13/h4-11,17H,25H2,1-3H3. The molecule has 0 saturated carbocycles. The average Bonchev–Trinajstić information content (AvgIpc) is 3.23. The summed E-state index contributed by atoms with van der Waals surface area (Å²) in [6.45, 7) is 0. The molecule has 4 rings (SSSR count). The normalized spacial score (nSPS) is 16.1. The first-order valence-corrected chi connectivity index (χ1v) is 9.88. The number of ether oxygens (including phenoxy) is 2. The molecule has 1 atom stereocenters. The second-order valence-electron chi connectivity index (χ2n) is 7.19. The van der Waals surface area contributed by atoms with Gasteiger partial charge in [0, 0.05) is 7.05 Å². The van der Waals surface area contributed by atoms with E-state index in [1.807, 2.05) is 0 Å². The summed E-state index contributed by atoms with van der Waals surface area (Å²) < 4.78 is 11.6. The number of nitrogens with zero attached hydrogens (tertiary/aromatic N) is 5. The fraction of sp³-hybridized carbons (Fsp3) is 0.174. The summed E-state index contributed by atoms with van der Waals surface area (Å²) in [5.74, 6) is -2.56. The van der Waals surface area contributed by atoms with Gasteiger partial charge in [-0.2, -0.15) is 5.26 Å². The fourth-order valence-corrected chi connectivity index (χ4v) is 4.04. The van der Waals surface area contributed by atoms with Crippen molar-refractivity contribution in [1.29, 1.82) is 5.26 Å². The van der Waals surface area contributed by atoms with Gasteiger partial charge in [-0.25, -0.2) is 14.3 Å². The Bertz CT molecular complexity index is 1370. The highest BCUT2D eigenvalue weighted by Crippen LogP contribution is 2.44. The number of para-hydroxylation sites is 1. The maximum absolute atomic E-state index is 13.1. The summed E-state index contributed by atoms with van der Waals surface area (Å²) >= 11 is 0. The number of aromatic nitrogens is 3. The lowest BCUT2D eigenvalue weighted by molar-refractivity contribution is -0.139. The van der Waals surface area contributed by atoms with E-state index in [0.717, 1.165) is 0 Å². The molecule has 2 N–H and O–H groups in total. The minimum Gasteiger partial charge on any atom is -0.466 e. The molecule has 0 radical (unpaired) electrons. The molecule has 33 heavy (non-hydrogen) atoms. The van der Waals surface area contributed by atoms with Crippen LogP contribution in [0.25, 0.3) is 11.0 Å². The van der Waals surface area contributed by atoms with Crippen LogP contribution in [0.1, 0.15) is 11.5 Å². The van der Waals surface area contributed by atoms with Crippen LogP contribution in [0.5, 0.6) is 0 Å². The topological polar surface area (TPSA) is 136 Å². The van der Waals surface area contributed by atoms with E-state index in [2.05, 4.69) is 16.4 Å². The zero-order valence-corrected chi connectivity index (χ0v) is 18.1. The van der Waals surface area contributed by atoms with Gasteiger partial charge in [0.1, 0.15) is 22.6 Å². The predicted molar refractivity (Wildman–Crippen MR) is 118 cm³/mol. The highest BCUT2D eigenvalue weighted by molar-refractivity contribution is 6.08. The number of carbonyl (C=O) groups is 2. The van der Waals surface area contributed by atoms with Gasteiger partial charge in [-0.05, 0) is 17.7 Å². The highest BCUT2D eigenvalue weighted by Gasteiger charge is 2.43. The quantitative estimate of drug-likeness (QED) is 0.598. The fourth-order valence-electron chi connectivity index (χ4n) is 4.04. The number of esters is 2. The third-order valence-corrected chi connectivity index (χ3v) is 5.45. The van der Waals surface area contributed by atoms with Crippen LogP contribution < -0.4 is 10.6 Å². The lowest BCUT2D eigenvalue weighted by Gasteiger charge is -2.36. The molecule has 0 fully saturated rings. The monoisotopic (exact) mass is 444 g/mol. The number of hydrogen-bond acceptors (Lipinski definition) is 9. The minimum atomic E-state index is -0.933. The van der Waals surface area contributed by atoms with Crippen molar-refractivity contribution in [3.63, 3.8) is 0 Å². The van der Waals surface area contributed by atoms with E-state index < -0.39 is 17.9 Å². The number of allylic oxidation sites excluding steroid dienone is 1. The van der Waals surface area contributed by atoms with Crippen LogP contribution in [0.2, 0.25) is 0 Å². The van der Waals surface area contributed by atoms with Gasteiger partial charge in [-0.15, -0.1) is 5.10 Å². The van der Waals surface area contributed by atoms with Crippen molar-refractivity contribution >= 4 is 28.7 Å². The SMILES string of the molecule is COC(=O)C1=C(C(=O)OC)N(c2cccc3nnn(C)c23)C(N)=C(C#N)C1c1ccccc1. The molecule has 2 heterocycles. The summed E-state index contributed by atoms with van der Waals surface area (Å²) in [4.78, 5) is 27.6. The number of nitrogens with two attached hydrogens (primary N) is 1. The van der Waals surface area contributed by atoms with Crippen LogP contribution in [0.3, 0.4) is 0 Å². The average molecular weight is 444 g/mol. The van der Waals surface area contributed by atoms with Crippen LogP contribution >= 0.6 is 0 Å². The molecule has 0 amide bonds. The third-order valence-electron chi connectivity index (χ3n) is 5.45. The first kappa shape index (κ1) is 21.6. The Morgan fingerprint density at radius 3 is 2.39 bits per heavy atom. The molecule has 0 aliphatic carbocycles. The van der Waals surface area contributed by atoms with E-state index >= 15 is 0 Å². The number of nitriles is 1. The summed E-state index contributed by atoms with van der Waals surface area (Å²) in [5.41, 5.74) is 8.48. The van der Waals surface area contributed by atoms with Crippen molar-refractivity contribution in [2.45, 2.75) is 5.92 Å². The Kier molecular flexibility index (Phi) is 5.54. The summed E-state index contributed by atoms with van der Waals surface area (Å²) in [5, 5.41) is 18.2. The summed E-state index contributed by atoms with van der Waals surface area (Å²) in [7, 11) is 4.09. The molecule has 166 valence electrons. The lowest BCUT2D eigenvalue weighted by Crippen LogP contribution is -2.41. The van der Waals surface area contributed by atoms with E-state index in [9.17, 15) is 14.9 Å². The van der Waals surface area contributed by atoms with Crippen LogP contribution in [-0.2, 0) is 26.1 Å². The van der Waals surface area contributed by atoms with Gasteiger partial charge in [0.15, 0.2) is 0 Å². The van der Waals surface area contributed by atoms with Crippen molar-refractivity contribution < 1.29 is 19.1 Å². The molecule has 1 aliphatic rings. The maximum atomic E-state index is 13.1. The third kappa shape index (κ3) is 3.36. The number of carbonyl (C=O) groups excluding carboxylic acids is 2. The van der Waals surface area contributed by atoms with Gasteiger partial charge in [-0.3, -0.25) is 4.90 Å². The van der Waals surface area contributed by atoms with E-state index in [4.69, 9.17) is 15.2 Å². The smallest absolute Gasteiger partial charge is 0.355 e. The van der Waals surface area contributed by atoms with Gasteiger partial charge < -0.3 is 15.2 Å². The zero-order chi connectivity index (χ0) is 23.7. The second-order valence-corrected chi connectivity index (χ2v) is 7.19. The van der Waals surface area contributed by atoms with Gasteiger partial charge in [0.25, 0.3) is 0 Å². The molecule has 0 spiro atoms. The summed E-state index contributed by atoms with van der Waals surface area (Å²) in [6.07, 6.45) is 0. The van der Waals surface area contributed by atoms with Gasteiger partial charge in [0.2, 0.25) is 0 Å². The highest BCUT2D eigenvalue weighted by atomic mass is 16.5. The Balaban J connectivity index is 2.13. The van der Waals surface area contributed by atoms with E-state index in [0.29, 0.717) is 22.3 Å². The largest absolute Gasteiger partial charge is 0.466 e. The van der Waals surface area contributed by atoms with Gasteiger partial charge in [0.05, 0.1) is 43.0 Å². The minimum absolute atomic E-state index is 0.0203. The van der Waals surface area contributed by atoms with Crippen molar-refractivity contribution in [3.8, 4) is 6.07 Å². The predicted octanol–water partition coefficient (Wildman–Crippen LogP) is 1.87. The molecular formula is C23H20N6O4. The van der Waals surface area contributed by atoms with E-state index in [1.165, 1.54) is 23.8 Å². The number of hydrogen-bond donors (Lipinski definition) is 1. The van der Waals surface area contributed by atoms with Crippen LogP contribution in [0.15, 0.2) is 71.2 Å². The van der Waals surface area contributed by atoms with Crippen molar-refractivity contribution in [3.05, 3.63) is 76.8 Å². The number of aryl methyl sites for hydroxylation is 1. The molecule has 1 unspecified atom stereocenters. The first-order chi connectivity index (χ1) is 15.9. The molecule has 10 nitrogen and oxygen atoms in total. The van der Waals surface area contributed by atoms with E-state index in [-0.39, 0.29) is 22.7 Å². The first-order valence-electron chi connectivity index (χ1n) is 9.88. The molecule has 10 heteroatoms. The Labute approximate surface area is 189 Å². The lowest BCUT2D eigenvalue weighted by atomic mass is 9.81.